The molecule has 0 radical (unpaired) electrons. The van der Waals surface area contributed by atoms with Gasteiger partial charge in [-0.1, -0.05) is 0 Å². The smallest absolute Gasteiger partial charge is 0.201 e. The molecule has 0 saturated carbocycles. The van der Waals surface area contributed by atoms with Gasteiger partial charge in [0.2, 0.25) is 5.82 Å². The number of fused-ring (bicyclic) bond motifs is 1. The molecule has 4 rings (SSSR count). The van der Waals surface area contributed by atoms with Gasteiger partial charge in [0.15, 0.2) is 29.6 Å². The van der Waals surface area contributed by atoms with Crippen molar-refractivity contribution in [1.29, 1.82) is 5.26 Å². The number of anilines is 2. The maximum atomic E-state index is 14.8. The molecule has 0 aliphatic carbocycles. The summed E-state index contributed by atoms with van der Waals surface area (Å²) in [5.74, 6) is -2.24. The van der Waals surface area contributed by atoms with Crippen LogP contribution in [0.5, 0.6) is 5.75 Å². The molecule has 0 bridgehead atoms. The molecule has 2 aromatic heterocycles. The van der Waals surface area contributed by atoms with E-state index in [2.05, 4.69) is 19.6 Å². The second kappa shape index (κ2) is 9.07. The zero-order valence-corrected chi connectivity index (χ0v) is 19.4. The number of hydrogen-bond donors (Lipinski definition) is 1. The minimum atomic E-state index is -2.47. The highest BCUT2D eigenvalue weighted by molar-refractivity contribution is 7.93. The molecule has 0 fully saturated rings. The summed E-state index contributed by atoms with van der Waals surface area (Å²) < 4.78 is 52.3. The Morgan fingerprint density at radius 1 is 1.24 bits per heavy atom. The predicted molar refractivity (Wildman–Crippen MR) is 125 cm³/mol. The third kappa shape index (κ3) is 4.15. The summed E-state index contributed by atoms with van der Waals surface area (Å²) in [6.07, 6.45) is 6.10. The van der Waals surface area contributed by atoms with Crippen molar-refractivity contribution in [2.45, 2.75) is 11.8 Å². The molecule has 11 heteroatoms. The molecule has 2 heterocycles. The highest BCUT2D eigenvalue weighted by Gasteiger charge is 2.19. The molecular weight excluding hydrogens is 462 g/mol. The molecule has 0 amide bonds. The van der Waals surface area contributed by atoms with Gasteiger partial charge in [-0.15, -0.1) is 0 Å². The van der Waals surface area contributed by atoms with E-state index in [1.54, 1.807) is 35.1 Å². The molecule has 1 atom stereocenters. The average Bonchev–Trinajstić information content (AvgIpc) is 3.25. The average molecular weight is 483 g/mol. The van der Waals surface area contributed by atoms with Crippen LogP contribution in [0.15, 0.2) is 58.2 Å². The van der Waals surface area contributed by atoms with Crippen molar-refractivity contribution in [3.63, 3.8) is 0 Å². The van der Waals surface area contributed by atoms with Gasteiger partial charge < -0.3 is 10.1 Å². The molecule has 4 aromatic rings. The van der Waals surface area contributed by atoms with Gasteiger partial charge in [-0.3, -0.25) is 4.40 Å². The van der Waals surface area contributed by atoms with E-state index in [9.17, 15) is 13.0 Å². The molecule has 0 saturated heterocycles. The first-order valence-electron chi connectivity index (χ1n) is 10.0. The van der Waals surface area contributed by atoms with Crippen molar-refractivity contribution in [2.24, 2.45) is 4.36 Å². The van der Waals surface area contributed by atoms with Crippen LogP contribution < -0.4 is 10.1 Å². The number of hydrogen-bond acceptors (Lipinski definition) is 7. The highest BCUT2D eigenvalue weighted by Crippen LogP contribution is 2.32. The molecule has 0 aliphatic heterocycles. The normalized spacial score (nSPS) is 12.7. The number of nitrogens with zero attached hydrogens (tertiary/aromatic N) is 5. The Morgan fingerprint density at radius 3 is 2.74 bits per heavy atom. The standard InChI is InChI=1S/C23H20F2N6O2S/c1-14-12-15(4-7-19(14)34(3,32)27-2)30-22-23-29-13-17(31(23)10-9-28-22)16-5-6-18(33-11-8-26)21(25)20(16)24/h4-7,9-10,12-13H,11H2,1-3H3,(H,28,30). The van der Waals surface area contributed by atoms with Crippen LogP contribution in [0.1, 0.15) is 5.56 Å². The lowest BCUT2D eigenvalue weighted by Gasteiger charge is -2.12. The van der Waals surface area contributed by atoms with Gasteiger partial charge in [-0.05, 0) is 42.8 Å². The number of aryl methyl sites for hydroxylation is 1. The zero-order chi connectivity index (χ0) is 24.5. The van der Waals surface area contributed by atoms with Crippen molar-refractivity contribution < 1.29 is 17.7 Å². The molecule has 8 nitrogen and oxygen atoms in total. The fourth-order valence-corrected chi connectivity index (χ4v) is 4.72. The molecule has 0 spiro atoms. The van der Waals surface area contributed by atoms with Crippen LogP contribution >= 0.6 is 0 Å². The highest BCUT2D eigenvalue weighted by atomic mass is 32.2. The van der Waals surface area contributed by atoms with E-state index in [1.165, 1.54) is 31.6 Å². The lowest BCUT2D eigenvalue weighted by Crippen LogP contribution is -2.03. The molecule has 1 unspecified atom stereocenters. The number of ether oxygens (including phenoxy) is 1. The Bertz CT molecular complexity index is 1570. The van der Waals surface area contributed by atoms with Crippen LogP contribution in [0, 0.1) is 29.9 Å². The van der Waals surface area contributed by atoms with Crippen LogP contribution in [0.2, 0.25) is 0 Å². The van der Waals surface area contributed by atoms with E-state index in [0.717, 1.165) is 5.56 Å². The van der Waals surface area contributed by atoms with Crippen LogP contribution in [0.25, 0.3) is 16.9 Å². The first-order chi connectivity index (χ1) is 16.3. The van der Waals surface area contributed by atoms with Gasteiger partial charge in [0.25, 0.3) is 0 Å². The van der Waals surface area contributed by atoms with E-state index >= 15 is 0 Å². The molecule has 174 valence electrons. The quantitative estimate of drug-likeness (QED) is 0.427. The number of nitrogens with one attached hydrogen (secondary N) is 1. The van der Waals surface area contributed by atoms with Crippen molar-refractivity contribution >= 4 is 26.9 Å². The second-order valence-electron chi connectivity index (χ2n) is 7.39. The van der Waals surface area contributed by atoms with Crippen LogP contribution in [-0.4, -0.2) is 38.5 Å². The third-order valence-corrected chi connectivity index (χ3v) is 7.21. The van der Waals surface area contributed by atoms with Crippen molar-refractivity contribution in [2.75, 3.05) is 25.2 Å². The maximum Gasteiger partial charge on any atom is 0.201 e. The molecule has 2 aromatic carbocycles. The van der Waals surface area contributed by atoms with Gasteiger partial charge in [-0.2, -0.15) is 9.65 Å². The number of imidazole rings is 1. The second-order valence-corrected chi connectivity index (χ2v) is 9.80. The number of aromatic nitrogens is 3. The summed E-state index contributed by atoms with van der Waals surface area (Å²) in [6, 6.07) is 9.69. The van der Waals surface area contributed by atoms with Crippen LogP contribution in [-0.2, 0) is 9.73 Å². The Balaban J connectivity index is 1.71. The monoisotopic (exact) mass is 482 g/mol. The minimum Gasteiger partial charge on any atom is -0.476 e. The molecule has 34 heavy (non-hydrogen) atoms. The van der Waals surface area contributed by atoms with Gasteiger partial charge in [0.1, 0.15) is 6.07 Å². The van der Waals surface area contributed by atoms with Gasteiger partial charge in [0.05, 0.1) is 26.5 Å². The SMILES string of the molecule is CN=S(C)(=O)c1ccc(Nc2nccn3c(-c4ccc(OCC#N)c(F)c4F)cnc23)cc1C. The predicted octanol–water partition coefficient (Wildman–Crippen LogP) is 4.72. The van der Waals surface area contributed by atoms with Gasteiger partial charge in [-0.25, -0.2) is 22.9 Å². The van der Waals surface area contributed by atoms with Crippen molar-refractivity contribution in [3.05, 3.63) is 66.1 Å². The fraction of sp³-hybridized carbons (Fsp3) is 0.174. The number of nitriles is 1. The Hall–Kier alpha value is -4.04. The molecule has 1 N–H and O–H groups in total. The van der Waals surface area contributed by atoms with Crippen LogP contribution in [0.3, 0.4) is 0 Å². The lowest BCUT2D eigenvalue weighted by molar-refractivity contribution is 0.337. The molecular formula is C23H20F2N6O2S. The summed E-state index contributed by atoms with van der Waals surface area (Å²) in [5.41, 5.74) is 2.18. The number of rotatable bonds is 6. The van der Waals surface area contributed by atoms with E-state index in [4.69, 9.17) is 10.00 Å². The fourth-order valence-electron chi connectivity index (χ4n) is 3.54. The summed E-state index contributed by atoms with van der Waals surface area (Å²) in [7, 11) is -0.948. The third-order valence-electron chi connectivity index (χ3n) is 5.24. The first-order valence-corrected chi connectivity index (χ1v) is 12.0. The Morgan fingerprint density at radius 2 is 2.03 bits per heavy atom. The van der Waals surface area contributed by atoms with Gasteiger partial charge >= 0.3 is 0 Å². The topological polar surface area (TPSA) is 105 Å². The van der Waals surface area contributed by atoms with E-state index in [0.29, 0.717) is 27.7 Å². The largest absolute Gasteiger partial charge is 0.476 e. The Labute approximate surface area is 195 Å². The van der Waals surface area contributed by atoms with Crippen LogP contribution in [0.4, 0.5) is 20.3 Å². The maximum absolute atomic E-state index is 14.8. The lowest BCUT2D eigenvalue weighted by atomic mass is 10.1. The summed E-state index contributed by atoms with van der Waals surface area (Å²) >= 11 is 0. The van der Waals surface area contributed by atoms with E-state index in [1.807, 2.05) is 13.0 Å². The summed E-state index contributed by atoms with van der Waals surface area (Å²) in [4.78, 5) is 9.31. The number of benzene rings is 2. The van der Waals surface area contributed by atoms with Gasteiger partial charge in [0, 0.05) is 36.9 Å². The summed E-state index contributed by atoms with van der Waals surface area (Å²) in [6.45, 7) is 1.45. The number of halogens is 2. The van der Waals surface area contributed by atoms with Crippen molar-refractivity contribution in [3.8, 4) is 23.1 Å². The first kappa shape index (κ1) is 23.1. The Kier molecular flexibility index (Phi) is 6.17. The minimum absolute atomic E-state index is 0.0207. The summed E-state index contributed by atoms with van der Waals surface area (Å²) in [5, 5.41) is 11.8. The molecule has 0 aliphatic rings. The van der Waals surface area contributed by atoms with Crippen molar-refractivity contribution in [1.82, 2.24) is 14.4 Å². The van der Waals surface area contributed by atoms with E-state index < -0.39 is 28.0 Å². The zero-order valence-electron chi connectivity index (χ0n) is 18.5. The van der Waals surface area contributed by atoms with E-state index in [-0.39, 0.29) is 11.3 Å².